The lowest BCUT2D eigenvalue weighted by Crippen LogP contribution is -2.24. The zero-order chi connectivity index (χ0) is 15.1. The smallest absolute Gasteiger partial charge is 0.240 e. The van der Waals surface area contributed by atoms with Crippen LogP contribution in [0.15, 0.2) is 40.8 Å². The number of carbonyl (C=O) groups is 1. The van der Waals surface area contributed by atoms with Crippen molar-refractivity contribution in [2.45, 2.75) is 19.4 Å². The molecule has 6 heteroatoms. The van der Waals surface area contributed by atoms with E-state index in [9.17, 15) is 4.79 Å². The van der Waals surface area contributed by atoms with E-state index in [0.717, 1.165) is 27.7 Å². The Hall–Kier alpha value is -2.34. The van der Waals surface area contributed by atoms with Crippen molar-refractivity contribution < 1.29 is 14.3 Å². The lowest BCUT2D eigenvalue weighted by molar-refractivity contribution is -0.130. The van der Waals surface area contributed by atoms with Crippen LogP contribution >= 0.6 is 11.3 Å². The first-order valence-corrected chi connectivity index (χ1v) is 7.91. The third-order valence-electron chi connectivity index (χ3n) is 3.82. The van der Waals surface area contributed by atoms with Gasteiger partial charge >= 0.3 is 0 Å². The molecule has 3 heterocycles. The number of fused-ring (bicyclic) bond motifs is 1. The molecule has 112 valence electrons. The molecule has 0 fully saturated rings. The van der Waals surface area contributed by atoms with Gasteiger partial charge in [0.1, 0.15) is 0 Å². The predicted molar refractivity (Wildman–Crippen MR) is 83.3 cm³/mol. The van der Waals surface area contributed by atoms with Crippen LogP contribution in [-0.4, -0.2) is 23.4 Å². The number of benzene rings is 1. The number of hydrazone groups is 1. The first-order valence-electron chi connectivity index (χ1n) is 7.03. The number of hydrogen-bond donors (Lipinski definition) is 0. The fraction of sp³-hybridized carbons (Fsp3) is 0.250. The lowest BCUT2D eigenvalue weighted by Gasteiger charge is -2.20. The van der Waals surface area contributed by atoms with E-state index < -0.39 is 0 Å². The first-order chi connectivity index (χ1) is 10.7. The molecule has 0 aliphatic carbocycles. The highest BCUT2D eigenvalue weighted by Crippen LogP contribution is 2.39. The molecular formula is C16H14N2O3S. The van der Waals surface area contributed by atoms with Gasteiger partial charge in [-0.25, -0.2) is 5.01 Å². The zero-order valence-corrected chi connectivity index (χ0v) is 12.8. The minimum Gasteiger partial charge on any atom is -0.454 e. The summed E-state index contributed by atoms with van der Waals surface area (Å²) >= 11 is 1.64. The second kappa shape index (κ2) is 5.14. The summed E-state index contributed by atoms with van der Waals surface area (Å²) < 4.78 is 10.8. The highest BCUT2D eigenvalue weighted by molar-refractivity contribution is 7.12. The molecule has 5 nitrogen and oxygen atoms in total. The summed E-state index contributed by atoms with van der Waals surface area (Å²) in [5.74, 6) is 1.41. The molecular weight excluding hydrogens is 300 g/mol. The minimum absolute atomic E-state index is 0.0609. The van der Waals surface area contributed by atoms with E-state index in [2.05, 4.69) is 5.10 Å². The van der Waals surface area contributed by atoms with Gasteiger partial charge in [0.15, 0.2) is 11.5 Å². The van der Waals surface area contributed by atoms with Crippen LogP contribution in [0, 0.1) is 0 Å². The van der Waals surface area contributed by atoms with Crippen molar-refractivity contribution in [2.75, 3.05) is 6.79 Å². The van der Waals surface area contributed by atoms with Gasteiger partial charge in [0.05, 0.1) is 16.6 Å². The van der Waals surface area contributed by atoms with Crippen LogP contribution in [0.1, 0.15) is 29.8 Å². The lowest BCUT2D eigenvalue weighted by atomic mass is 10.0. The summed E-state index contributed by atoms with van der Waals surface area (Å²) in [4.78, 5) is 13.1. The molecule has 22 heavy (non-hydrogen) atoms. The number of carbonyl (C=O) groups excluding carboxylic acids is 1. The Morgan fingerprint density at radius 3 is 2.95 bits per heavy atom. The van der Waals surface area contributed by atoms with Crippen LogP contribution in [0.5, 0.6) is 11.5 Å². The van der Waals surface area contributed by atoms with E-state index in [0.29, 0.717) is 6.42 Å². The Morgan fingerprint density at radius 2 is 2.18 bits per heavy atom. The number of rotatable bonds is 2. The third-order valence-corrected chi connectivity index (χ3v) is 4.74. The molecule has 4 rings (SSSR count). The van der Waals surface area contributed by atoms with Crippen molar-refractivity contribution in [2.24, 2.45) is 5.10 Å². The fourth-order valence-corrected chi connectivity index (χ4v) is 3.49. The van der Waals surface area contributed by atoms with Gasteiger partial charge in [0, 0.05) is 13.3 Å². The second-order valence-corrected chi connectivity index (χ2v) is 6.17. The maximum absolute atomic E-state index is 11.9. The van der Waals surface area contributed by atoms with Crippen LogP contribution in [0.2, 0.25) is 0 Å². The van der Waals surface area contributed by atoms with Crippen LogP contribution < -0.4 is 9.47 Å². The standard InChI is InChI=1S/C16H14N2O3S/c1-10(19)18-13(8-12(17-18)16-3-2-6-22-16)11-4-5-14-15(7-11)21-9-20-14/h2-7,13H,8-9H2,1H3/t13-/m0/s1. The maximum Gasteiger partial charge on any atom is 0.240 e. The Bertz CT molecular complexity index is 755. The summed E-state index contributed by atoms with van der Waals surface area (Å²) in [6.07, 6.45) is 0.708. The summed E-state index contributed by atoms with van der Waals surface area (Å²) in [7, 11) is 0. The SMILES string of the molecule is CC(=O)N1N=C(c2cccs2)C[C@H]1c1ccc2c(c1)OCO2. The molecule has 2 aliphatic rings. The van der Waals surface area contributed by atoms with E-state index in [1.54, 1.807) is 23.3 Å². The van der Waals surface area contributed by atoms with Crippen molar-refractivity contribution in [3.05, 3.63) is 46.2 Å². The molecule has 2 aliphatic heterocycles. The van der Waals surface area contributed by atoms with E-state index in [-0.39, 0.29) is 18.7 Å². The van der Waals surface area contributed by atoms with E-state index >= 15 is 0 Å². The summed E-state index contributed by atoms with van der Waals surface area (Å²) in [6, 6.07) is 9.73. The normalized spacial score (nSPS) is 19.4. The van der Waals surface area contributed by atoms with Crippen molar-refractivity contribution >= 4 is 23.0 Å². The Kier molecular flexibility index (Phi) is 3.11. The average molecular weight is 314 g/mol. The van der Waals surface area contributed by atoms with Gasteiger partial charge in [-0.05, 0) is 29.1 Å². The Balaban J connectivity index is 1.68. The molecule has 2 aromatic rings. The Morgan fingerprint density at radius 1 is 1.32 bits per heavy atom. The summed E-state index contributed by atoms with van der Waals surface area (Å²) in [5.41, 5.74) is 1.96. The van der Waals surface area contributed by atoms with Crippen LogP contribution in [0.3, 0.4) is 0 Å². The monoisotopic (exact) mass is 314 g/mol. The zero-order valence-electron chi connectivity index (χ0n) is 12.0. The van der Waals surface area contributed by atoms with Crippen LogP contribution in [-0.2, 0) is 4.79 Å². The first kappa shape index (κ1) is 13.3. The molecule has 0 spiro atoms. The number of ether oxygens (including phenoxy) is 2. The van der Waals surface area contributed by atoms with Crippen LogP contribution in [0.4, 0.5) is 0 Å². The maximum atomic E-state index is 11.9. The number of nitrogens with zero attached hydrogens (tertiary/aromatic N) is 2. The molecule has 1 aromatic carbocycles. The molecule has 0 saturated carbocycles. The van der Waals surface area contributed by atoms with Crippen LogP contribution in [0.25, 0.3) is 0 Å². The molecule has 0 saturated heterocycles. The largest absolute Gasteiger partial charge is 0.454 e. The van der Waals surface area contributed by atoms with Gasteiger partial charge in [-0.1, -0.05) is 12.1 Å². The number of hydrogen-bond acceptors (Lipinski definition) is 5. The van der Waals surface area contributed by atoms with Gasteiger partial charge < -0.3 is 9.47 Å². The quantitative estimate of drug-likeness (QED) is 0.855. The topological polar surface area (TPSA) is 51.1 Å². The summed E-state index contributed by atoms with van der Waals surface area (Å²) in [6.45, 7) is 1.79. The van der Waals surface area contributed by atoms with Crippen molar-refractivity contribution in [3.63, 3.8) is 0 Å². The van der Waals surface area contributed by atoms with E-state index in [1.165, 1.54) is 0 Å². The van der Waals surface area contributed by atoms with Gasteiger partial charge in [0.25, 0.3) is 0 Å². The number of thiophene rings is 1. The highest BCUT2D eigenvalue weighted by Gasteiger charge is 2.32. The van der Waals surface area contributed by atoms with Crippen molar-refractivity contribution in [1.29, 1.82) is 0 Å². The molecule has 0 N–H and O–H groups in total. The van der Waals surface area contributed by atoms with Gasteiger partial charge in [-0.3, -0.25) is 4.79 Å². The molecule has 0 bridgehead atoms. The fourth-order valence-electron chi connectivity index (χ4n) is 2.77. The predicted octanol–water partition coefficient (Wildman–Crippen LogP) is 3.17. The molecule has 1 atom stereocenters. The molecule has 1 aromatic heterocycles. The van der Waals surface area contributed by atoms with E-state index in [4.69, 9.17) is 9.47 Å². The number of amides is 1. The van der Waals surface area contributed by atoms with Gasteiger partial charge in [-0.2, -0.15) is 5.10 Å². The summed E-state index contributed by atoms with van der Waals surface area (Å²) in [5, 5.41) is 8.10. The van der Waals surface area contributed by atoms with Gasteiger partial charge in [0.2, 0.25) is 12.7 Å². The minimum atomic E-state index is -0.0934. The second-order valence-electron chi connectivity index (χ2n) is 5.22. The third kappa shape index (κ3) is 2.16. The molecule has 0 radical (unpaired) electrons. The van der Waals surface area contributed by atoms with Crippen molar-refractivity contribution in [1.82, 2.24) is 5.01 Å². The van der Waals surface area contributed by atoms with E-state index in [1.807, 2.05) is 35.7 Å². The van der Waals surface area contributed by atoms with Gasteiger partial charge in [-0.15, -0.1) is 11.3 Å². The Labute approximate surface area is 131 Å². The highest BCUT2D eigenvalue weighted by atomic mass is 32.1. The molecule has 0 unspecified atom stereocenters. The van der Waals surface area contributed by atoms with Crippen molar-refractivity contribution in [3.8, 4) is 11.5 Å². The molecule has 1 amide bonds. The average Bonchev–Trinajstić information content (AvgIpc) is 3.25.